The molecule has 0 aliphatic rings. The van der Waals surface area contributed by atoms with Crippen LogP contribution in [0.15, 0.2) is 59.6 Å². The number of benzene rings is 2. The third kappa shape index (κ3) is 16.9. The Balaban J connectivity index is 0. The minimum absolute atomic E-state index is 0. The molecule has 0 bridgehead atoms. The number of carbonyl (C=O) groups is 1. The number of carboxylic acids is 1. The van der Waals surface area contributed by atoms with Gasteiger partial charge in [-0.1, -0.05) is 48.2 Å². The molecule has 2 aromatic carbocycles. The second-order valence-corrected chi connectivity index (χ2v) is 6.57. The van der Waals surface area contributed by atoms with Crippen molar-refractivity contribution in [3.05, 3.63) is 65.7 Å². The first-order valence-corrected chi connectivity index (χ1v) is 9.47. The summed E-state index contributed by atoms with van der Waals surface area (Å²) in [6, 6.07) is 15.3. The molecule has 2 aromatic rings. The number of likely N-dealkylation sites (N-methyl/N-ethyl adjacent to an activating group) is 1. The van der Waals surface area contributed by atoms with Gasteiger partial charge in [-0.25, -0.2) is 23.4 Å². The van der Waals surface area contributed by atoms with Crippen molar-refractivity contribution in [3.63, 3.8) is 0 Å². The summed E-state index contributed by atoms with van der Waals surface area (Å²) in [7, 11) is -0.932. The van der Waals surface area contributed by atoms with E-state index in [1.165, 1.54) is 0 Å². The molecule has 0 spiro atoms. The minimum atomic E-state index is -4.94. The summed E-state index contributed by atoms with van der Waals surface area (Å²) in [5, 5.41) is 19.9. The quantitative estimate of drug-likeness (QED) is 0.362. The van der Waals surface area contributed by atoms with Crippen molar-refractivity contribution >= 4 is 11.7 Å². The summed E-state index contributed by atoms with van der Waals surface area (Å²) in [5.74, 6) is -0.834. The van der Waals surface area contributed by atoms with Crippen molar-refractivity contribution in [3.8, 4) is 5.75 Å². The van der Waals surface area contributed by atoms with Crippen LogP contribution in [0.2, 0.25) is 0 Å². The second-order valence-electron chi connectivity index (χ2n) is 5.82. The summed E-state index contributed by atoms with van der Waals surface area (Å²) < 4.78 is 34.0. The predicted molar refractivity (Wildman–Crippen MR) is 94.9 cm³/mol. The average Bonchev–Trinajstić information content (AvgIpc) is 2.61. The molecule has 30 heavy (non-hydrogen) atoms. The maximum absolute atomic E-state index is 11.5. The summed E-state index contributed by atoms with van der Waals surface area (Å²) >= 11 is 0. The van der Waals surface area contributed by atoms with Crippen LogP contribution in [0.1, 0.15) is 22.8 Å². The van der Waals surface area contributed by atoms with E-state index in [-0.39, 0.29) is 22.8 Å². The smallest absolute Gasteiger partial charge is 0.872 e. The Bertz CT molecular complexity index is 763. The third-order valence-electron chi connectivity index (χ3n) is 3.19. The molecule has 0 aliphatic heterocycles. The first kappa shape index (κ1) is 30.2. The molecule has 1 radical (unpaired) electrons. The largest absolute Gasteiger partial charge is 2.00 e. The zero-order valence-electron chi connectivity index (χ0n) is 16.6. The molecule has 1 N–H and O–H groups in total. The van der Waals surface area contributed by atoms with Crippen LogP contribution in [0.25, 0.3) is 0 Å². The Morgan fingerprint density at radius 1 is 1.00 bits per heavy atom. The second kappa shape index (κ2) is 15.8. The fraction of sp³-hybridized carbons (Fsp3) is 0.263. The maximum atomic E-state index is 11.5. The minimum Gasteiger partial charge on any atom is -0.872 e. The fourth-order valence-corrected chi connectivity index (χ4v) is 1.85. The van der Waals surface area contributed by atoms with Crippen molar-refractivity contribution in [2.75, 3.05) is 27.2 Å². The van der Waals surface area contributed by atoms with Crippen molar-refractivity contribution in [1.82, 2.24) is 4.90 Å². The molecule has 0 aromatic heterocycles. The molecule has 0 saturated carbocycles. The van der Waals surface area contributed by atoms with E-state index in [0.29, 0.717) is 11.1 Å². The number of carboxylic acid groups (broad SMARTS) is 1. The van der Waals surface area contributed by atoms with E-state index in [9.17, 15) is 9.90 Å². The number of halogens is 1. The van der Waals surface area contributed by atoms with Gasteiger partial charge in [-0.05, 0) is 38.7 Å². The summed E-state index contributed by atoms with van der Waals surface area (Å²) in [5.41, 5.74) is 1.86. The van der Waals surface area contributed by atoms with Gasteiger partial charge in [-0.2, -0.15) is 0 Å². The number of para-hydroxylation sites is 1. The molecule has 169 valence electrons. The molecule has 0 amide bonds. The van der Waals surface area contributed by atoms with Crippen LogP contribution < -0.4 is 23.7 Å². The van der Waals surface area contributed by atoms with Gasteiger partial charge < -0.3 is 15.1 Å². The number of rotatable bonds is 5. The van der Waals surface area contributed by atoms with Crippen molar-refractivity contribution < 1.29 is 61.0 Å². The van der Waals surface area contributed by atoms with E-state index in [1.54, 1.807) is 42.5 Å². The SMILES string of the molecule is CC(=NCCN(C)C)c1ccccc1[O-].O=C(O)c1ccccc1.[Cu+2].[O-][Cl+3]([O-])([O-])[O-]. The van der Waals surface area contributed by atoms with Gasteiger partial charge in [-0.15, -0.1) is 10.2 Å². The monoisotopic (exact) mass is 489 g/mol. The van der Waals surface area contributed by atoms with Gasteiger partial charge >= 0.3 is 23.0 Å². The Kier molecular flexibility index (Phi) is 15.9. The summed E-state index contributed by atoms with van der Waals surface area (Å²) in [6.45, 7) is 3.51. The Morgan fingerprint density at radius 2 is 1.47 bits per heavy atom. The van der Waals surface area contributed by atoms with E-state index >= 15 is 0 Å². The average molecular weight is 490 g/mol. The molecule has 0 heterocycles. The third-order valence-corrected chi connectivity index (χ3v) is 3.19. The van der Waals surface area contributed by atoms with E-state index in [4.69, 9.17) is 23.7 Å². The van der Waals surface area contributed by atoms with E-state index in [0.717, 1.165) is 18.8 Å². The van der Waals surface area contributed by atoms with Crippen LogP contribution in [0, 0.1) is 10.2 Å². The standard InChI is InChI=1S/C12H18N2O.C7H6O2.ClHO4.Cu/c1-10(13-8-9-14(2)3)11-6-4-5-7-12(11)15;8-7(9)6-4-2-1-3-5-6;2-1(3,4)5;/h4-7,15H,8-9H2,1-3H3;1-5H,(H,8,9);(H,2,3,4,5);/q;;;+2/p-2. The van der Waals surface area contributed by atoms with Crippen molar-refractivity contribution in [2.24, 2.45) is 4.99 Å². The van der Waals surface area contributed by atoms with E-state index in [1.807, 2.05) is 33.2 Å². The van der Waals surface area contributed by atoms with Gasteiger partial charge in [-0.3, -0.25) is 4.99 Å². The van der Waals surface area contributed by atoms with Crippen LogP contribution >= 0.6 is 0 Å². The van der Waals surface area contributed by atoms with Gasteiger partial charge in [0.2, 0.25) is 0 Å². The maximum Gasteiger partial charge on any atom is 2.00 e. The van der Waals surface area contributed by atoms with Gasteiger partial charge in [0.25, 0.3) is 0 Å². The van der Waals surface area contributed by atoms with Crippen LogP contribution in [-0.4, -0.2) is 48.9 Å². The number of aromatic carboxylic acids is 1. The zero-order chi connectivity index (χ0) is 22.4. The molecular formula is C19H23ClCuN2O7. The molecule has 9 nitrogen and oxygen atoms in total. The van der Waals surface area contributed by atoms with E-state index in [2.05, 4.69) is 9.89 Å². The topological polar surface area (TPSA) is 168 Å². The van der Waals surface area contributed by atoms with Gasteiger partial charge in [0.1, 0.15) is 0 Å². The molecule has 0 aliphatic carbocycles. The van der Waals surface area contributed by atoms with Gasteiger partial charge in [0.15, 0.2) is 0 Å². The van der Waals surface area contributed by atoms with E-state index < -0.39 is 16.2 Å². The fourth-order valence-electron chi connectivity index (χ4n) is 1.85. The molecular weight excluding hydrogens is 467 g/mol. The van der Waals surface area contributed by atoms with Crippen LogP contribution in [0.4, 0.5) is 0 Å². The zero-order valence-corrected chi connectivity index (χ0v) is 18.3. The molecule has 2 rings (SSSR count). The first-order valence-electron chi connectivity index (χ1n) is 8.24. The Morgan fingerprint density at radius 3 is 1.87 bits per heavy atom. The number of hydrogen-bond donors (Lipinski definition) is 1. The number of aliphatic imine (C=N–C) groups is 1. The number of nitrogens with zero attached hydrogens (tertiary/aromatic N) is 2. The van der Waals surface area contributed by atoms with Crippen LogP contribution in [-0.2, 0) is 17.1 Å². The van der Waals surface area contributed by atoms with Gasteiger partial charge in [0, 0.05) is 12.3 Å². The molecule has 0 fully saturated rings. The predicted octanol–water partition coefficient (Wildman–Crippen LogP) is -2.24. The summed E-state index contributed by atoms with van der Waals surface area (Å²) in [4.78, 5) is 16.6. The Hall–Kier alpha value is -2.01. The normalized spacial score (nSPS) is 10.7. The molecule has 0 saturated heterocycles. The van der Waals surface area contributed by atoms with Crippen molar-refractivity contribution in [1.29, 1.82) is 0 Å². The number of hydrogen-bond acceptors (Lipinski definition) is 8. The van der Waals surface area contributed by atoms with Crippen LogP contribution in [0.3, 0.4) is 0 Å². The molecule has 11 heteroatoms. The molecule has 0 atom stereocenters. The Labute approximate surface area is 188 Å². The van der Waals surface area contributed by atoms with Crippen molar-refractivity contribution in [2.45, 2.75) is 6.92 Å². The molecule has 0 unspecified atom stereocenters. The first-order chi connectivity index (χ1) is 13.4. The van der Waals surface area contributed by atoms with Crippen LogP contribution in [0.5, 0.6) is 5.75 Å². The summed E-state index contributed by atoms with van der Waals surface area (Å²) in [6.07, 6.45) is 0. The van der Waals surface area contributed by atoms with Gasteiger partial charge in [0.05, 0.1) is 12.1 Å².